The van der Waals surface area contributed by atoms with Crippen molar-refractivity contribution in [3.63, 3.8) is 0 Å². The van der Waals surface area contributed by atoms with Crippen molar-refractivity contribution >= 4 is 46.2 Å². The minimum atomic E-state index is -0.189. The van der Waals surface area contributed by atoms with Crippen LogP contribution in [0.15, 0.2) is 53.8 Å². The minimum absolute atomic E-state index is 0.189. The van der Waals surface area contributed by atoms with Gasteiger partial charge in [0.25, 0.3) is 0 Å². The van der Waals surface area contributed by atoms with Gasteiger partial charge in [-0.05, 0) is 29.3 Å². The zero-order chi connectivity index (χ0) is 16.2. The number of fused-ring (bicyclic) bond motifs is 1. The third-order valence-corrected chi connectivity index (χ3v) is 4.11. The summed E-state index contributed by atoms with van der Waals surface area (Å²) in [5.74, 6) is -0.189. The van der Waals surface area contributed by atoms with Crippen molar-refractivity contribution in [2.24, 2.45) is 5.10 Å². The molecule has 23 heavy (non-hydrogen) atoms. The summed E-state index contributed by atoms with van der Waals surface area (Å²) < 4.78 is 0. The van der Waals surface area contributed by atoms with Crippen LogP contribution in [0.5, 0.6) is 0 Å². The Labute approximate surface area is 143 Å². The highest BCUT2D eigenvalue weighted by Crippen LogP contribution is 2.21. The third kappa shape index (κ3) is 3.73. The second-order valence-corrected chi connectivity index (χ2v) is 5.82. The Balaban J connectivity index is 1.63. The molecule has 0 saturated carbocycles. The van der Waals surface area contributed by atoms with Crippen LogP contribution in [0.4, 0.5) is 0 Å². The van der Waals surface area contributed by atoms with Crippen molar-refractivity contribution in [1.82, 2.24) is 10.4 Å². The summed E-state index contributed by atoms with van der Waals surface area (Å²) in [5.41, 5.74) is 5.21. The van der Waals surface area contributed by atoms with Gasteiger partial charge in [-0.1, -0.05) is 47.5 Å². The van der Waals surface area contributed by atoms with Crippen molar-refractivity contribution in [3.05, 3.63) is 69.8 Å². The zero-order valence-electron chi connectivity index (χ0n) is 12.0. The minimum Gasteiger partial charge on any atom is -0.361 e. The normalized spacial score (nSPS) is 11.2. The van der Waals surface area contributed by atoms with Crippen LogP contribution in [0, 0.1) is 0 Å². The van der Waals surface area contributed by atoms with Crippen LogP contribution in [-0.2, 0) is 11.2 Å². The van der Waals surface area contributed by atoms with E-state index >= 15 is 0 Å². The Kier molecular flexibility index (Phi) is 4.65. The lowest BCUT2D eigenvalue weighted by Gasteiger charge is -2.00. The molecule has 6 heteroatoms. The Morgan fingerprint density at radius 2 is 2.00 bits per heavy atom. The van der Waals surface area contributed by atoms with Gasteiger partial charge >= 0.3 is 0 Å². The quantitative estimate of drug-likeness (QED) is 0.541. The van der Waals surface area contributed by atoms with Gasteiger partial charge in [-0.15, -0.1) is 0 Å². The molecule has 1 amide bonds. The first-order valence-electron chi connectivity index (χ1n) is 6.95. The van der Waals surface area contributed by atoms with Crippen LogP contribution >= 0.6 is 23.2 Å². The van der Waals surface area contributed by atoms with Gasteiger partial charge < -0.3 is 4.98 Å². The molecule has 0 aliphatic carbocycles. The molecule has 0 unspecified atom stereocenters. The number of hydrogen-bond donors (Lipinski definition) is 2. The number of benzene rings is 2. The van der Waals surface area contributed by atoms with E-state index in [-0.39, 0.29) is 12.3 Å². The lowest BCUT2D eigenvalue weighted by molar-refractivity contribution is -0.120. The molecule has 4 nitrogen and oxygen atoms in total. The number of carbonyl (C=O) groups excluding carboxylic acids is 1. The number of hydrazone groups is 1. The van der Waals surface area contributed by atoms with Crippen LogP contribution in [0.3, 0.4) is 0 Å². The van der Waals surface area contributed by atoms with Crippen LogP contribution in [0.2, 0.25) is 10.0 Å². The van der Waals surface area contributed by atoms with E-state index in [4.69, 9.17) is 23.2 Å². The molecule has 0 saturated heterocycles. The highest BCUT2D eigenvalue weighted by molar-refractivity contribution is 6.42. The van der Waals surface area contributed by atoms with Gasteiger partial charge in [-0.25, -0.2) is 5.43 Å². The van der Waals surface area contributed by atoms with Crippen LogP contribution in [-0.4, -0.2) is 17.1 Å². The molecular weight excluding hydrogens is 333 g/mol. The SMILES string of the molecule is O=C(Cc1c[nH]c2ccccc12)N/N=C/c1ccc(Cl)c(Cl)c1. The number of hydrogen-bond acceptors (Lipinski definition) is 2. The fourth-order valence-corrected chi connectivity index (χ4v) is 2.57. The summed E-state index contributed by atoms with van der Waals surface area (Å²) in [6.07, 6.45) is 3.62. The molecule has 0 aliphatic heterocycles. The van der Waals surface area contributed by atoms with Crippen molar-refractivity contribution in [1.29, 1.82) is 0 Å². The average Bonchev–Trinajstić information content (AvgIpc) is 2.94. The number of para-hydroxylation sites is 1. The van der Waals surface area contributed by atoms with Gasteiger partial charge in [-0.2, -0.15) is 5.10 Å². The fourth-order valence-electron chi connectivity index (χ4n) is 2.26. The summed E-state index contributed by atoms with van der Waals surface area (Å²) in [7, 11) is 0. The van der Waals surface area contributed by atoms with Gasteiger partial charge in [0.05, 0.1) is 22.7 Å². The largest absolute Gasteiger partial charge is 0.361 e. The van der Waals surface area contributed by atoms with Crippen molar-refractivity contribution in [2.75, 3.05) is 0 Å². The second-order valence-electron chi connectivity index (χ2n) is 5.00. The van der Waals surface area contributed by atoms with Gasteiger partial charge in [0.2, 0.25) is 5.91 Å². The maximum atomic E-state index is 12.0. The molecule has 0 aliphatic rings. The van der Waals surface area contributed by atoms with Gasteiger partial charge in [0, 0.05) is 17.1 Å². The first kappa shape index (κ1) is 15.6. The van der Waals surface area contributed by atoms with E-state index in [2.05, 4.69) is 15.5 Å². The Morgan fingerprint density at radius 3 is 2.83 bits per heavy atom. The molecule has 1 aromatic heterocycles. The van der Waals surface area contributed by atoms with E-state index in [1.54, 1.807) is 18.2 Å². The zero-order valence-corrected chi connectivity index (χ0v) is 13.5. The number of carbonyl (C=O) groups is 1. The van der Waals surface area contributed by atoms with Gasteiger partial charge in [-0.3, -0.25) is 4.79 Å². The molecule has 2 N–H and O–H groups in total. The van der Waals surface area contributed by atoms with E-state index in [1.807, 2.05) is 30.5 Å². The number of nitrogens with one attached hydrogen (secondary N) is 2. The van der Waals surface area contributed by atoms with E-state index in [1.165, 1.54) is 6.21 Å². The molecule has 2 aromatic carbocycles. The van der Waals surface area contributed by atoms with Crippen LogP contribution in [0.1, 0.15) is 11.1 Å². The number of nitrogens with zero attached hydrogens (tertiary/aromatic N) is 1. The number of rotatable bonds is 4. The number of halogens is 2. The predicted octanol–water partition coefficient (Wildman–Crippen LogP) is 4.17. The van der Waals surface area contributed by atoms with E-state index in [0.717, 1.165) is 22.0 Å². The van der Waals surface area contributed by atoms with E-state index < -0.39 is 0 Å². The molecule has 0 bridgehead atoms. The van der Waals surface area contributed by atoms with Gasteiger partial charge in [0.1, 0.15) is 0 Å². The molecule has 3 aromatic rings. The topological polar surface area (TPSA) is 57.2 Å². The summed E-state index contributed by atoms with van der Waals surface area (Å²) >= 11 is 11.8. The predicted molar refractivity (Wildman–Crippen MR) is 94.2 cm³/mol. The van der Waals surface area contributed by atoms with E-state index in [0.29, 0.717) is 10.0 Å². The lowest BCUT2D eigenvalue weighted by atomic mass is 10.1. The van der Waals surface area contributed by atoms with Crippen molar-refractivity contribution in [2.45, 2.75) is 6.42 Å². The third-order valence-electron chi connectivity index (χ3n) is 3.37. The molecular formula is C17H13Cl2N3O. The summed E-state index contributed by atoms with van der Waals surface area (Å²) in [6.45, 7) is 0. The van der Waals surface area contributed by atoms with Gasteiger partial charge in [0.15, 0.2) is 0 Å². The standard InChI is InChI=1S/C17H13Cl2N3O/c18-14-6-5-11(7-15(14)19)9-21-22-17(23)8-12-10-20-16-4-2-1-3-13(12)16/h1-7,9-10,20H,8H2,(H,22,23)/b21-9+. The molecule has 0 radical (unpaired) electrons. The smallest absolute Gasteiger partial charge is 0.244 e. The van der Waals surface area contributed by atoms with E-state index in [9.17, 15) is 4.79 Å². The van der Waals surface area contributed by atoms with Crippen LogP contribution < -0.4 is 5.43 Å². The highest BCUT2D eigenvalue weighted by atomic mass is 35.5. The maximum absolute atomic E-state index is 12.0. The second kappa shape index (κ2) is 6.86. The molecule has 1 heterocycles. The molecule has 116 valence electrons. The van der Waals surface area contributed by atoms with Crippen molar-refractivity contribution < 1.29 is 4.79 Å². The maximum Gasteiger partial charge on any atom is 0.244 e. The number of H-pyrrole nitrogens is 1. The number of amides is 1. The monoisotopic (exact) mass is 345 g/mol. The molecule has 0 fully saturated rings. The Hall–Kier alpha value is -2.30. The van der Waals surface area contributed by atoms with Crippen LogP contribution in [0.25, 0.3) is 10.9 Å². The summed E-state index contributed by atoms with van der Waals surface area (Å²) in [6, 6.07) is 13.0. The lowest BCUT2D eigenvalue weighted by Crippen LogP contribution is -2.19. The summed E-state index contributed by atoms with van der Waals surface area (Å²) in [5, 5.41) is 5.90. The average molecular weight is 346 g/mol. The molecule has 0 atom stereocenters. The fraction of sp³-hybridized carbons (Fsp3) is 0.0588. The number of aromatic amines is 1. The number of aromatic nitrogens is 1. The Bertz CT molecular complexity index is 886. The molecule has 0 spiro atoms. The molecule has 3 rings (SSSR count). The Morgan fingerprint density at radius 1 is 1.17 bits per heavy atom. The van der Waals surface area contributed by atoms with Crippen molar-refractivity contribution in [3.8, 4) is 0 Å². The highest BCUT2D eigenvalue weighted by Gasteiger charge is 2.07. The first-order chi connectivity index (χ1) is 11.1. The first-order valence-corrected chi connectivity index (χ1v) is 7.71. The summed E-state index contributed by atoms with van der Waals surface area (Å²) in [4.78, 5) is 15.1.